The molecule has 1 unspecified atom stereocenters. The third-order valence-electron chi connectivity index (χ3n) is 3.41. The molecule has 1 heterocycles. The molecule has 1 atom stereocenters. The second-order valence-electron chi connectivity index (χ2n) is 4.98. The SMILES string of the molecule is Cc1cc(S(=O)(=O)N2CCSCC2C)ccc1C#CCO. The van der Waals surface area contributed by atoms with Crippen LogP contribution in [0.1, 0.15) is 18.1 Å². The Morgan fingerprint density at radius 3 is 2.86 bits per heavy atom. The van der Waals surface area contributed by atoms with Gasteiger partial charge in [-0.2, -0.15) is 16.1 Å². The van der Waals surface area contributed by atoms with Gasteiger partial charge in [-0.15, -0.1) is 0 Å². The predicted octanol–water partition coefficient (Wildman–Crippen LogP) is 1.46. The van der Waals surface area contributed by atoms with Crippen LogP contribution in [0.3, 0.4) is 0 Å². The van der Waals surface area contributed by atoms with Gasteiger partial charge in [0.1, 0.15) is 6.61 Å². The van der Waals surface area contributed by atoms with Crippen LogP contribution in [0, 0.1) is 18.8 Å². The summed E-state index contributed by atoms with van der Waals surface area (Å²) in [5.74, 6) is 7.06. The van der Waals surface area contributed by atoms with Crippen LogP contribution in [-0.4, -0.2) is 48.5 Å². The minimum absolute atomic E-state index is 0.0166. The van der Waals surface area contributed by atoms with E-state index in [9.17, 15) is 8.42 Å². The monoisotopic (exact) mass is 325 g/mol. The number of aliphatic hydroxyl groups is 1. The molecule has 1 fully saturated rings. The van der Waals surface area contributed by atoms with Crippen LogP contribution in [0.25, 0.3) is 0 Å². The van der Waals surface area contributed by atoms with Gasteiger partial charge in [-0.25, -0.2) is 8.42 Å². The Bertz CT molecular complexity index is 674. The van der Waals surface area contributed by atoms with Gasteiger partial charge in [0.15, 0.2) is 0 Å². The van der Waals surface area contributed by atoms with Gasteiger partial charge >= 0.3 is 0 Å². The van der Waals surface area contributed by atoms with Crippen molar-refractivity contribution in [3.05, 3.63) is 29.3 Å². The fourth-order valence-electron chi connectivity index (χ4n) is 2.28. The number of aryl methyl sites for hydroxylation is 1. The summed E-state index contributed by atoms with van der Waals surface area (Å²) in [7, 11) is -3.45. The van der Waals surface area contributed by atoms with Gasteiger partial charge in [0.2, 0.25) is 10.0 Å². The van der Waals surface area contributed by atoms with E-state index in [2.05, 4.69) is 11.8 Å². The highest BCUT2D eigenvalue weighted by molar-refractivity contribution is 7.99. The molecule has 0 aromatic heterocycles. The molecule has 1 saturated heterocycles. The maximum atomic E-state index is 12.7. The molecule has 0 spiro atoms. The van der Waals surface area contributed by atoms with Crippen molar-refractivity contribution in [3.63, 3.8) is 0 Å². The van der Waals surface area contributed by atoms with E-state index in [0.717, 1.165) is 22.6 Å². The largest absolute Gasteiger partial charge is 0.384 e. The predicted molar refractivity (Wildman–Crippen MR) is 85.8 cm³/mol. The molecule has 1 aromatic carbocycles. The zero-order valence-corrected chi connectivity index (χ0v) is 13.8. The maximum absolute atomic E-state index is 12.7. The first-order valence-corrected chi connectivity index (χ1v) is 9.36. The van der Waals surface area contributed by atoms with E-state index in [1.54, 1.807) is 34.3 Å². The molecule has 0 amide bonds. The van der Waals surface area contributed by atoms with Crippen molar-refractivity contribution in [2.45, 2.75) is 24.8 Å². The summed E-state index contributed by atoms with van der Waals surface area (Å²) in [5, 5.41) is 8.72. The van der Waals surface area contributed by atoms with Crippen molar-refractivity contribution >= 4 is 21.8 Å². The van der Waals surface area contributed by atoms with Crippen LogP contribution in [0.5, 0.6) is 0 Å². The number of aliphatic hydroxyl groups excluding tert-OH is 1. The Labute approximate surface area is 130 Å². The molecule has 21 heavy (non-hydrogen) atoms. The van der Waals surface area contributed by atoms with Crippen LogP contribution in [0.4, 0.5) is 0 Å². The number of benzene rings is 1. The summed E-state index contributed by atoms with van der Waals surface area (Å²) >= 11 is 1.78. The van der Waals surface area contributed by atoms with E-state index < -0.39 is 10.0 Å². The lowest BCUT2D eigenvalue weighted by atomic mass is 10.1. The second-order valence-corrected chi connectivity index (χ2v) is 8.02. The number of sulfonamides is 1. The van der Waals surface area contributed by atoms with Crippen molar-refractivity contribution in [1.29, 1.82) is 0 Å². The summed E-state index contributed by atoms with van der Waals surface area (Å²) in [5.41, 5.74) is 1.54. The smallest absolute Gasteiger partial charge is 0.243 e. The summed E-state index contributed by atoms with van der Waals surface area (Å²) in [6, 6.07) is 4.97. The zero-order chi connectivity index (χ0) is 15.5. The lowest BCUT2D eigenvalue weighted by molar-refractivity contribution is 0.350. The van der Waals surface area contributed by atoms with E-state index >= 15 is 0 Å². The first-order valence-electron chi connectivity index (χ1n) is 6.77. The van der Waals surface area contributed by atoms with E-state index in [1.165, 1.54) is 0 Å². The summed E-state index contributed by atoms with van der Waals surface area (Å²) in [4.78, 5) is 0.313. The Balaban J connectivity index is 2.34. The molecule has 1 aliphatic rings. The molecule has 0 aliphatic carbocycles. The van der Waals surface area contributed by atoms with Crippen LogP contribution < -0.4 is 0 Å². The lowest BCUT2D eigenvalue weighted by Gasteiger charge is -2.32. The Morgan fingerprint density at radius 2 is 2.24 bits per heavy atom. The Kier molecular flexibility index (Phi) is 5.33. The quantitative estimate of drug-likeness (QED) is 0.837. The number of hydrogen-bond donors (Lipinski definition) is 1. The molecule has 0 saturated carbocycles. The average Bonchev–Trinajstić information content (AvgIpc) is 2.46. The Morgan fingerprint density at radius 1 is 1.48 bits per heavy atom. The molecule has 114 valence electrons. The van der Waals surface area contributed by atoms with Crippen molar-refractivity contribution in [2.24, 2.45) is 0 Å². The second kappa shape index (κ2) is 6.84. The van der Waals surface area contributed by atoms with Crippen molar-refractivity contribution < 1.29 is 13.5 Å². The van der Waals surface area contributed by atoms with Gasteiger partial charge in [-0.3, -0.25) is 0 Å². The van der Waals surface area contributed by atoms with Crippen LogP contribution >= 0.6 is 11.8 Å². The van der Waals surface area contributed by atoms with E-state index in [-0.39, 0.29) is 12.6 Å². The standard InChI is InChI=1S/C15H19NO3S2/c1-12-10-15(6-5-14(12)4-3-8-17)21(18,19)16-7-9-20-11-13(16)2/h5-6,10,13,17H,7-9,11H2,1-2H3. The highest BCUT2D eigenvalue weighted by atomic mass is 32.2. The van der Waals surface area contributed by atoms with Gasteiger partial charge < -0.3 is 5.11 Å². The van der Waals surface area contributed by atoms with E-state index in [0.29, 0.717) is 11.4 Å². The molecular weight excluding hydrogens is 306 g/mol. The van der Waals surface area contributed by atoms with Crippen LogP contribution in [0.15, 0.2) is 23.1 Å². The third kappa shape index (κ3) is 3.61. The first kappa shape index (κ1) is 16.4. The van der Waals surface area contributed by atoms with E-state index in [1.807, 2.05) is 13.8 Å². The molecule has 2 rings (SSSR count). The highest BCUT2D eigenvalue weighted by Gasteiger charge is 2.31. The minimum Gasteiger partial charge on any atom is -0.384 e. The average molecular weight is 325 g/mol. The van der Waals surface area contributed by atoms with Crippen molar-refractivity contribution in [1.82, 2.24) is 4.31 Å². The van der Waals surface area contributed by atoms with E-state index in [4.69, 9.17) is 5.11 Å². The number of hydrogen-bond acceptors (Lipinski definition) is 4. The number of rotatable bonds is 2. The summed E-state index contributed by atoms with van der Waals surface area (Å²) in [6.45, 7) is 4.12. The van der Waals surface area contributed by atoms with Crippen molar-refractivity contribution in [2.75, 3.05) is 24.7 Å². The van der Waals surface area contributed by atoms with Gasteiger partial charge in [-0.1, -0.05) is 11.8 Å². The van der Waals surface area contributed by atoms with Crippen LogP contribution in [0.2, 0.25) is 0 Å². The Hall–Kier alpha value is -1.00. The zero-order valence-electron chi connectivity index (χ0n) is 12.2. The maximum Gasteiger partial charge on any atom is 0.243 e. The van der Waals surface area contributed by atoms with Gasteiger partial charge in [-0.05, 0) is 37.6 Å². The molecule has 0 radical (unpaired) electrons. The number of thioether (sulfide) groups is 1. The van der Waals surface area contributed by atoms with Gasteiger partial charge in [0.25, 0.3) is 0 Å². The third-order valence-corrected chi connectivity index (χ3v) is 6.61. The molecule has 1 N–H and O–H groups in total. The van der Waals surface area contributed by atoms with Crippen molar-refractivity contribution in [3.8, 4) is 11.8 Å². The molecule has 4 nitrogen and oxygen atoms in total. The minimum atomic E-state index is -3.45. The fourth-order valence-corrected chi connectivity index (χ4v) is 5.22. The lowest BCUT2D eigenvalue weighted by Crippen LogP contribution is -2.44. The number of nitrogens with zero attached hydrogens (tertiary/aromatic N) is 1. The highest BCUT2D eigenvalue weighted by Crippen LogP contribution is 2.25. The molecule has 1 aliphatic heterocycles. The summed E-state index contributed by atoms with van der Waals surface area (Å²) in [6.07, 6.45) is 0. The van der Waals surface area contributed by atoms with Gasteiger partial charge in [0.05, 0.1) is 4.90 Å². The first-order chi connectivity index (χ1) is 9.96. The normalized spacial score (nSPS) is 19.9. The molecule has 6 heteroatoms. The van der Waals surface area contributed by atoms with Crippen LogP contribution in [-0.2, 0) is 10.0 Å². The van der Waals surface area contributed by atoms with Gasteiger partial charge in [0, 0.05) is 29.7 Å². The topological polar surface area (TPSA) is 57.6 Å². The molecular formula is C15H19NO3S2. The molecule has 0 bridgehead atoms. The molecule has 1 aromatic rings. The summed E-state index contributed by atoms with van der Waals surface area (Å²) < 4.78 is 27.0. The fraction of sp³-hybridized carbons (Fsp3) is 0.467.